The summed E-state index contributed by atoms with van der Waals surface area (Å²) in [4.78, 5) is 6.59. The minimum absolute atomic E-state index is 0.181. The molecule has 138 valence electrons. The van der Waals surface area contributed by atoms with Crippen molar-refractivity contribution in [3.05, 3.63) is 84.4 Å². The van der Waals surface area contributed by atoms with Gasteiger partial charge in [-0.25, -0.2) is 4.39 Å². The van der Waals surface area contributed by atoms with Gasteiger partial charge in [-0.3, -0.25) is 9.88 Å². The second-order valence-corrected chi connectivity index (χ2v) is 6.99. The fraction of sp³-hybridized carbons (Fsp3) is 0.261. The van der Waals surface area contributed by atoms with Gasteiger partial charge in [0.1, 0.15) is 17.7 Å². The van der Waals surface area contributed by atoms with Crippen LogP contribution in [0.2, 0.25) is 0 Å². The summed E-state index contributed by atoms with van der Waals surface area (Å²) in [5.74, 6) is 0.729. The Morgan fingerprint density at radius 1 is 0.963 bits per heavy atom. The van der Waals surface area contributed by atoms with E-state index in [4.69, 9.17) is 4.74 Å². The summed E-state index contributed by atoms with van der Waals surface area (Å²) < 4.78 is 19.3. The molecule has 4 rings (SSSR count). The number of halogens is 1. The zero-order valence-corrected chi connectivity index (χ0v) is 15.2. The van der Waals surface area contributed by atoms with Gasteiger partial charge in [-0.2, -0.15) is 0 Å². The molecule has 0 radical (unpaired) electrons. The maximum absolute atomic E-state index is 13.0. The lowest BCUT2D eigenvalue weighted by molar-refractivity contribution is 0.0968. The van der Waals surface area contributed by atoms with E-state index in [1.165, 1.54) is 12.1 Å². The van der Waals surface area contributed by atoms with Crippen molar-refractivity contribution in [3.63, 3.8) is 0 Å². The third-order valence-electron chi connectivity index (χ3n) is 4.99. The Kier molecular flexibility index (Phi) is 5.45. The molecule has 0 atom stereocenters. The Balaban J connectivity index is 1.32. The van der Waals surface area contributed by atoms with Crippen LogP contribution in [0.25, 0.3) is 11.1 Å². The number of nitrogens with zero attached hydrogens (tertiary/aromatic N) is 2. The summed E-state index contributed by atoms with van der Waals surface area (Å²) >= 11 is 0. The van der Waals surface area contributed by atoms with E-state index in [0.29, 0.717) is 0 Å². The maximum Gasteiger partial charge on any atom is 0.123 e. The van der Waals surface area contributed by atoms with Crippen molar-refractivity contribution in [2.75, 3.05) is 13.1 Å². The molecule has 4 heteroatoms. The first-order valence-electron chi connectivity index (χ1n) is 9.40. The van der Waals surface area contributed by atoms with Gasteiger partial charge in [0.15, 0.2) is 0 Å². The van der Waals surface area contributed by atoms with Crippen LogP contribution in [0.15, 0.2) is 73.1 Å². The van der Waals surface area contributed by atoms with Crippen LogP contribution in [0.1, 0.15) is 18.4 Å². The highest BCUT2D eigenvalue weighted by atomic mass is 19.1. The largest absolute Gasteiger partial charge is 0.490 e. The van der Waals surface area contributed by atoms with Crippen molar-refractivity contribution in [3.8, 4) is 16.9 Å². The van der Waals surface area contributed by atoms with E-state index in [0.717, 1.165) is 54.9 Å². The number of benzene rings is 2. The van der Waals surface area contributed by atoms with E-state index in [2.05, 4.69) is 28.1 Å². The molecule has 0 amide bonds. The van der Waals surface area contributed by atoms with Crippen LogP contribution in [0, 0.1) is 5.82 Å². The second-order valence-electron chi connectivity index (χ2n) is 6.99. The molecule has 3 nitrogen and oxygen atoms in total. The summed E-state index contributed by atoms with van der Waals surface area (Å²) in [5, 5.41) is 0. The third kappa shape index (κ3) is 4.72. The Hall–Kier alpha value is -2.72. The lowest BCUT2D eigenvalue weighted by Gasteiger charge is -2.32. The van der Waals surface area contributed by atoms with Gasteiger partial charge < -0.3 is 4.74 Å². The van der Waals surface area contributed by atoms with Crippen LogP contribution in [-0.4, -0.2) is 29.1 Å². The van der Waals surface area contributed by atoms with Crippen LogP contribution in [0.4, 0.5) is 4.39 Å². The SMILES string of the molecule is Fc1ccc(CN2CCC(Oc3cccc(-c4cccnc4)c3)CC2)cc1. The third-order valence-corrected chi connectivity index (χ3v) is 4.99. The van der Waals surface area contributed by atoms with E-state index in [-0.39, 0.29) is 11.9 Å². The lowest BCUT2D eigenvalue weighted by atomic mass is 10.1. The van der Waals surface area contributed by atoms with Gasteiger partial charge in [0.05, 0.1) is 0 Å². The molecule has 0 aliphatic carbocycles. The van der Waals surface area contributed by atoms with Gasteiger partial charge in [0.2, 0.25) is 0 Å². The number of pyridine rings is 1. The van der Waals surface area contributed by atoms with Crippen LogP contribution < -0.4 is 4.74 Å². The first-order valence-corrected chi connectivity index (χ1v) is 9.40. The molecule has 0 unspecified atom stereocenters. The van der Waals surface area contributed by atoms with E-state index in [9.17, 15) is 4.39 Å². The molecule has 1 saturated heterocycles. The fourth-order valence-electron chi connectivity index (χ4n) is 3.51. The Morgan fingerprint density at radius 3 is 2.48 bits per heavy atom. The minimum atomic E-state index is -0.181. The number of ether oxygens (including phenoxy) is 1. The molecule has 0 saturated carbocycles. The maximum atomic E-state index is 13.0. The predicted octanol–water partition coefficient (Wildman–Crippen LogP) is 4.93. The molecule has 27 heavy (non-hydrogen) atoms. The lowest BCUT2D eigenvalue weighted by Crippen LogP contribution is -2.37. The van der Waals surface area contributed by atoms with Crippen molar-refractivity contribution < 1.29 is 9.13 Å². The van der Waals surface area contributed by atoms with Gasteiger partial charge in [-0.15, -0.1) is 0 Å². The van der Waals surface area contributed by atoms with Crippen molar-refractivity contribution in [2.24, 2.45) is 0 Å². The molecule has 1 fully saturated rings. The summed E-state index contributed by atoms with van der Waals surface area (Å²) in [6.07, 6.45) is 5.88. The molecule has 1 aliphatic rings. The van der Waals surface area contributed by atoms with E-state index in [1.807, 2.05) is 36.5 Å². The first kappa shape index (κ1) is 17.7. The van der Waals surface area contributed by atoms with Gasteiger partial charge in [0, 0.05) is 37.6 Å². The summed E-state index contributed by atoms with van der Waals surface area (Å²) in [7, 11) is 0. The summed E-state index contributed by atoms with van der Waals surface area (Å²) in [6.45, 7) is 2.85. The second kappa shape index (κ2) is 8.31. The molecule has 1 aromatic heterocycles. The smallest absolute Gasteiger partial charge is 0.123 e. The van der Waals surface area contributed by atoms with Crippen molar-refractivity contribution in [1.29, 1.82) is 0 Å². The highest BCUT2D eigenvalue weighted by Gasteiger charge is 2.20. The number of likely N-dealkylation sites (tertiary alicyclic amines) is 1. The number of rotatable bonds is 5. The molecular weight excluding hydrogens is 339 g/mol. The number of hydrogen-bond donors (Lipinski definition) is 0. The molecule has 1 aliphatic heterocycles. The molecular formula is C23H23FN2O. The average molecular weight is 362 g/mol. The predicted molar refractivity (Wildman–Crippen MR) is 105 cm³/mol. The Morgan fingerprint density at radius 2 is 1.74 bits per heavy atom. The topological polar surface area (TPSA) is 25.4 Å². The molecule has 3 aromatic rings. The highest BCUT2D eigenvalue weighted by Crippen LogP contribution is 2.26. The van der Waals surface area contributed by atoms with Crippen molar-refractivity contribution >= 4 is 0 Å². The van der Waals surface area contributed by atoms with Crippen LogP contribution in [0.3, 0.4) is 0 Å². The zero-order chi connectivity index (χ0) is 18.5. The highest BCUT2D eigenvalue weighted by molar-refractivity contribution is 5.63. The molecule has 0 spiro atoms. The monoisotopic (exact) mass is 362 g/mol. The summed E-state index contributed by atoms with van der Waals surface area (Å²) in [6, 6.07) is 19.0. The van der Waals surface area contributed by atoms with E-state index >= 15 is 0 Å². The molecule has 2 aromatic carbocycles. The van der Waals surface area contributed by atoms with Crippen LogP contribution in [0.5, 0.6) is 5.75 Å². The van der Waals surface area contributed by atoms with Gasteiger partial charge in [0.25, 0.3) is 0 Å². The fourth-order valence-corrected chi connectivity index (χ4v) is 3.51. The quantitative estimate of drug-likeness (QED) is 0.643. The van der Waals surface area contributed by atoms with E-state index in [1.54, 1.807) is 6.20 Å². The zero-order valence-electron chi connectivity index (χ0n) is 15.2. The normalized spacial score (nSPS) is 15.6. The minimum Gasteiger partial charge on any atom is -0.490 e. The van der Waals surface area contributed by atoms with Crippen molar-refractivity contribution in [1.82, 2.24) is 9.88 Å². The van der Waals surface area contributed by atoms with E-state index < -0.39 is 0 Å². The Labute approximate surface area is 159 Å². The standard InChI is InChI=1S/C23H23FN2O/c24-21-8-6-18(7-9-21)17-26-13-10-22(11-14-26)27-23-5-1-3-19(15-23)20-4-2-12-25-16-20/h1-9,12,15-16,22H,10-11,13-14,17H2. The molecule has 0 bridgehead atoms. The summed E-state index contributed by atoms with van der Waals surface area (Å²) in [5.41, 5.74) is 3.37. The number of piperidine rings is 1. The molecule has 2 heterocycles. The number of aromatic nitrogens is 1. The van der Waals surface area contributed by atoms with Gasteiger partial charge >= 0.3 is 0 Å². The number of hydrogen-bond acceptors (Lipinski definition) is 3. The van der Waals surface area contributed by atoms with Gasteiger partial charge in [-0.1, -0.05) is 30.3 Å². The van der Waals surface area contributed by atoms with Gasteiger partial charge in [-0.05, 0) is 54.3 Å². The molecule has 0 N–H and O–H groups in total. The Bertz CT molecular complexity index is 859. The van der Waals surface area contributed by atoms with Crippen LogP contribution >= 0.6 is 0 Å². The average Bonchev–Trinajstić information content (AvgIpc) is 2.72. The van der Waals surface area contributed by atoms with Crippen LogP contribution in [-0.2, 0) is 6.54 Å². The first-order chi connectivity index (χ1) is 13.3. The van der Waals surface area contributed by atoms with Crippen molar-refractivity contribution in [2.45, 2.75) is 25.5 Å².